The predicted molar refractivity (Wildman–Crippen MR) is 76.2 cm³/mol. The lowest BCUT2D eigenvalue weighted by atomic mass is 10.1. The van der Waals surface area contributed by atoms with Crippen molar-refractivity contribution < 1.29 is 32.6 Å². The first kappa shape index (κ1) is 18.4. The number of ether oxygens (including phenoxy) is 1. The lowest BCUT2D eigenvalue weighted by Crippen LogP contribution is -2.20. The molecule has 1 amide bonds. The topological polar surface area (TPSA) is 119 Å². The van der Waals surface area contributed by atoms with Crippen LogP contribution >= 0.6 is 11.6 Å². The first-order chi connectivity index (χ1) is 11.6. The molecule has 0 radical (unpaired) electrons. The SMILES string of the molecule is Cn1nnnc1NC(=O)c1ccc(OC(F)(F)F)c(CC(=O)O)c1Cl. The van der Waals surface area contributed by atoms with E-state index in [1.807, 2.05) is 0 Å². The normalized spacial score (nSPS) is 11.2. The van der Waals surface area contributed by atoms with Crippen molar-refractivity contribution in [3.63, 3.8) is 0 Å². The number of hydrogen-bond acceptors (Lipinski definition) is 6. The van der Waals surface area contributed by atoms with Gasteiger partial charge in [-0.25, -0.2) is 4.68 Å². The number of halogens is 4. The highest BCUT2D eigenvalue weighted by Gasteiger charge is 2.33. The molecule has 2 rings (SSSR count). The third-order valence-electron chi connectivity index (χ3n) is 2.84. The van der Waals surface area contributed by atoms with Crippen LogP contribution in [0.1, 0.15) is 15.9 Å². The van der Waals surface area contributed by atoms with Crippen LogP contribution in [0.25, 0.3) is 0 Å². The van der Waals surface area contributed by atoms with Gasteiger partial charge in [-0.2, -0.15) is 0 Å². The predicted octanol–water partition coefficient (Wildman–Crippen LogP) is 1.64. The number of carboxylic acids is 1. The van der Waals surface area contributed by atoms with Crippen molar-refractivity contribution in [3.8, 4) is 5.75 Å². The number of carboxylic acid groups (broad SMARTS) is 1. The van der Waals surface area contributed by atoms with E-state index in [2.05, 4.69) is 25.6 Å². The van der Waals surface area contributed by atoms with Crippen LogP contribution in [0.5, 0.6) is 5.75 Å². The van der Waals surface area contributed by atoms with Crippen molar-refractivity contribution in [2.24, 2.45) is 7.05 Å². The van der Waals surface area contributed by atoms with Crippen LogP contribution in [-0.4, -0.2) is 43.6 Å². The molecule has 25 heavy (non-hydrogen) atoms. The summed E-state index contributed by atoms with van der Waals surface area (Å²) in [7, 11) is 1.44. The Morgan fingerprint density at radius 3 is 2.60 bits per heavy atom. The molecular formula is C12H9ClF3N5O4. The van der Waals surface area contributed by atoms with Gasteiger partial charge in [0.05, 0.1) is 17.0 Å². The Bertz CT molecular complexity index is 824. The summed E-state index contributed by atoms with van der Waals surface area (Å²) in [6, 6.07) is 1.77. The highest BCUT2D eigenvalue weighted by molar-refractivity contribution is 6.35. The second-order valence-electron chi connectivity index (χ2n) is 4.60. The van der Waals surface area contributed by atoms with Crippen LogP contribution in [0.2, 0.25) is 5.02 Å². The molecule has 0 aliphatic heterocycles. The van der Waals surface area contributed by atoms with Gasteiger partial charge < -0.3 is 9.84 Å². The zero-order valence-corrected chi connectivity index (χ0v) is 13.1. The summed E-state index contributed by atoms with van der Waals surface area (Å²) in [5.41, 5.74) is -0.759. The maximum absolute atomic E-state index is 12.4. The van der Waals surface area contributed by atoms with E-state index in [0.29, 0.717) is 0 Å². The number of hydrogen-bond donors (Lipinski definition) is 2. The summed E-state index contributed by atoms with van der Waals surface area (Å²) in [5.74, 6) is -3.15. The number of nitrogens with one attached hydrogen (secondary N) is 1. The van der Waals surface area contributed by atoms with E-state index in [1.165, 1.54) is 7.05 Å². The minimum absolute atomic E-state index is 0.0449. The van der Waals surface area contributed by atoms with E-state index >= 15 is 0 Å². The smallest absolute Gasteiger partial charge is 0.481 e. The van der Waals surface area contributed by atoms with E-state index in [0.717, 1.165) is 16.8 Å². The van der Waals surface area contributed by atoms with E-state index in [9.17, 15) is 22.8 Å². The third-order valence-corrected chi connectivity index (χ3v) is 3.28. The van der Waals surface area contributed by atoms with Gasteiger partial charge in [0, 0.05) is 12.6 Å². The van der Waals surface area contributed by atoms with Gasteiger partial charge in [0.15, 0.2) is 0 Å². The Hall–Kier alpha value is -2.89. The Kier molecular flexibility index (Phi) is 5.11. The average Bonchev–Trinajstić information content (AvgIpc) is 2.86. The molecule has 0 saturated heterocycles. The molecular weight excluding hydrogens is 371 g/mol. The van der Waals surface area contributed by atoms with Gasteiger partial charge in [0.1, 0.15) is 5.75 Å². The molecule has 9 nitrogen and oxygen atoms in total. The van der Waals surface area contributed by atoms with Crippen molar-refractivity contribution in [2.45, 2.75) is 12.8 Å². The molecule has 0 atom stereocenters. The molecule has 0 saturated carbocycles. The molecule has 1 heterocycles. The van der Waals surface area contributed by atoms with Crippen LogP contribution < -0.4 is 10.1 Å². The fraction of sp³-hybridized carbons (Fsp3) is 0.250. The van der Waals surface area contributed by atoms with Gasteiger partial charge in [0.25, 0.3) is 5.91 Å². The van der Waals surface area contributed by atoms with Gasteiger partial charge in [-0.1, -0.05) is 16.7 Å². The zero-order valence-electron chi connectivity index (χ0n) is 12.3. The maximum atomic E-state index is 12.4. The number of benzene rings is 1. The third kappa shape index (κ3) is 4.56. The van der Waals surface area contributed by atoms with Crippen molar-refractivity contribution >= 4 is 29.4 Å². The van der Waals surface area contributed by atoms with Crippen molar-refractivity contribution in [1.82, 2.24) is 20.2 Å². The van der Waals surface area contributed by atoms with Crippen LogP contribution in [-0.2, 0) is 18.3 Å². The Labute approximate surface area is 142 Å². The van der Waals surface area contributed by atoms with Crippen molar-refractivity contribution in [1.29, 1.82) is 0 Å². The Balaban J connectivity index is 2.40. The van der Waals surface area contributed by atoms with Crippen LogP contribution in [0.15, 0.2) is 12.1 Å². The Morgan fingerprint density at radius 2 is 2.08 bits per heavy atom. The van der Waals surface area contributed by atoms with E-state index in [1.54, 1.807) is 0 Å². The molecule has 13 heteroatoms. The molecule has 0 unspecified atom stereocenters. The first-order valence-corrected chi connectivity index (χ1v) is 6.79. The van der Waals surface area contributed by atoms with Gasteiger partial charge in [-0.05, 0) is 22.6 Å². The highest BCUT2D eigenvalue weighted by atomic mass is 35.5. The van der Waals surface area contributed by atoms with Crippen molar-refractivity contribution in [3.05, 3.63) is 28.3 Å². The van der Waals surface area contributed by atoms with E-state index in [4.69, 9.17) is 16.7 Å². The fourth-order valence-corrected chi connectivity index (χ4v) is 2.13. The molecule has 0 fully saturated rings. The fourth-order valence-electron chi connectivity index (χ4n) is 1.82. The second-order valence-corrected chi connectivity index (χ2v) is 4.98. The van der Waals surface area contributed by atoms with Gasteiger partial charge in [-0.3, -0.25) is 14.9 Å². The van der Waals surface area contributed by atoms with Gasteiger partial charge >= 0.3 is 12.3 Å². The molecule has 1 aromatic heterocycles. The number of aromatic nitrogens is 4. The van der Waals surface area contributed by atoms with E-state index < -0.39 is 41.0 Å². The number of amides is 1. The van der Waals surface area contributed by atoms with Gasteiger partial charge in [-0.15, -0.1) is 13.2 Å². The quantitative estimate of drug-likeness (QED) is 0.810. The number of carbonyl (C=O) groups excluding carboxylic acids is 1. The van der Waals surface area contributed by atoms with E-state index in [-0.39, 0.29) is 11.5 Å². The number of anilines is 1. The second kappa shape index (κ2) is 6.93. The minimum Gasteiger partial charge on any atom is -0.481 e. The number of nitrogens with zero attached hydrogens (tertiary/aromatic N) is 4. The number of alkyl halides is 3. The molecule has 0 aliphatic carbocycles. The summed E-state index contributed by atoms with van der Waals surface area (Å²) < 4.78 is 42.2. The van der Waals surface area contributed by atoms with Crippen LogP contribution in [0, 0.1) is 0 Å². The molecule has 2 N–H and O–H groups in total. The largest absolute Gasteiger partial charge is 0.573 e. The molecule has 0 spiro atoms. The Morgan fingerprint density at radius 1 is 1.40 bits per heavy atom. The summed E-state index contributed by atoms with van der Waals surface area (Å²) in [5, 5.41) is 20.9. The lowest BCUT2D eigenvalue weighted by molar-refractivity contribution is -0.274. The molecule has 134 valence electrons. The van der Waals surface area contributed by atoms with Crippen LogP contribution in [0.4, 0.5) is 19.1 Å². The monoisotopic (exact) mass is 379 g/mol. The molecule has 0 bridgehead atoms. The lowest BCUT2D eigenvalue weighted by Gasteiger charge is -2.15. The molecule has 2 aromatic rings. The van der Waals surface area contributed by atoms with Gasteiger partial charge in [0.2, 0.25) is 5.95 Å². The average molecular weight is 380 g/mol. The maximum Gasteiger partial charge on any atom is 0.573 e. The van der Waals surface area contributed by atoms with Crippen LogP contribution in [0.3, 0.4) is 0 Å². The summed E-state index contributed by atoms with van der Waals surface area (Å²) in [4.78, 5) is 23.1. The zero-order chi connectivity index (χ0) is 18.8. The van der Waals surface area contributed by atoms with Crippen molar-refractivity contribution in [2.75, 3.05) is 5.32 Å². The standard InChI is InChI=1S/C12H9ClF3N5O4/c1-21-11(18-19-20-21)17-10(24)5-2-3-7(25-12(14,15)16)6(9(5)13)4-8(22)23/h2-3H,4H2,1H3,(H,22,23)(H,17,18,20,24). The highest BCUT2D eigenvalue weighted by Crippen LogP contribution is 2.34. The summed E-state index contributed by atoms with van der Waals surface area (Å²) in [6.07, 6.45) is -5.93. The molecule has 1 aromatic carbocycles. The summed E-state index contributed by atoms with van der Waals surface area (Å²) in [6.45, 7) is 0. The number of aliphatic carboxylic acids is 1. The minimum atomic E-state index is -5.05. The number of aryl methyl sites for hydroxylation is 1. The number of tetrazole rings is 1. The summed E-state index contributed by atoms with van der Waals surface area (Å²) >= 11 is 5.93. The number of carbonyl (C=O) groups is 2. The number of rotatable bonds is 5. The molecule has 0 aliphatic rings. The first-order valence-electron chi connectivity index (χ1n) is 6.41.